The van der Waals surface area contributed by atoms with Gasteiger partial charge in [-0.25, -0.2) is 4.39 Å². The SMILES string of the molecule is COc1ccc(F)cc1CCC1CNCCN1C. The van der Waals surface area contributed by atoms with Crippen molar-refractivity contribution in [2.24, 2.45) is 0 Å². The zero-order valence-electron chi connectivity index (χ0n) is 11.1. The predicted molar refractivity (Wildman–Crippen MR) is 70.6 cm³/mol. The van der Waals surface area contributed by atoms with Gasteiger partial charge in [-0.05, 0) is 43.7 Å². The normalized spacial score (nSPS) is 20.9. The average molecular weight is 252 g/mol. The summed E-state index contributed by atoms with van der Waals surface area (Å²) in [5.41, 5.74) is 0.955. The van der Waals surface area contributed by atoms with Crippen LogP contribution >= 0.6 is 0 Å². The van der Waals surface area contributed by atoms with E-state index in [1.807, 2.05) is 0 Å². The molecule has 1 N–H and O–H groups in total. The van der Waals surface area contributed by atoms with Gasteiger partial charge >= 0.3 is 0 Å². The fourth-order valence-electron chi connectivity index (χ4n) is 2.45. The molecule has 1 saturated heterocycles. The Morgan fingerprint density at radius 2 is 2.33 bits per heavy atom. The van der Waals surface area contributed by atoms with Crippen LogP contribution in [0.4, 0.5) is 4.39 Å². The van der Waals surface area contributed by atoms with Gasteiger partial charge < -0.3 is 15.0 Å². The first-order valence-electron chi connectivity index (χ1n) is 6.44. The fraction of sp³-hybridized carbons (Fsp3) is 0.571. The van der Waals surface area contributed by atoms with Gasteiger partial charge in [0.05, 0.1) is 7.11 Å². The van der Waals surface area contributed by atoms with Gasteiger partial charge in [0.25, 0.3) is 0 Å². The van der Waals surface area contributed by atoms with E-state index in [1.165, 1.54) is 6.07 Å². The molecule has 0 amide bonds. The number of nitrogens with one attached hydrogen (secondary N) is 1. The average Bonchev–Trinajstić information content (AvgIpc) is 2.38. The first-order valence-corrected chi connectivity index (χ1v) is 6.44. The van der Waals surface area contributed by atoms with Crippen molar-refractivity contribution in [3.63, 3.8) is 0 Å². The van der Waals surface area contributed by atoms with Gasteiger partial charge in [0, 0.05) is 25.7 Å². The Labute approximate surface area is 108 Å². The minimum absolute atomic E-state index is 0.194. The van der Waals surface area contributed by atoms with Gasteiger partial charge in [0.1, 0.15) is 11.6 Å². The third-order valence-electron chi connectivity index (χ3n) is 3.63. The molecule has 0 spiro atoms. The molecule has 2 rings (SSSR count). The lowest BCUT2D eigenvalue weighted by atomic mass is 10.0. The highest BCUT2D eigenvalue weighted by Gasteiger charge is 2.18. The largest absolute Gasteiger partial charge is 0.496 e. The van der Waals surface area contributed by atoms with E-state index >= 15 is 0 Å². The summed E-state index contributed by atoms with van der Waals surface area (Å²) in [6, 6.07) is 5.24. The molecular weight excluding hydrogens is 231 g/mol. The molecule has 1 unspecified atom stereocenters. The summed E-state index contributed by atoms with van der Waals surface area (Å²) < 4.78 is 18.5. The van der Waals surface area contributed by atoms with Crippen molar-refractivity contribution < 1.29 is 9.13 Å². The second kappa shape index (κ2) is 6.16. The zero-order chi connectivity index (χ0) is 13.0. The van der Waals surface area contributed by atoms with Gasteiger partial charge in [0.2, 0.25) is 0 Å². The topological polar surface area (TPSA) is 24.5 Å². The number of piperazine rings is 1. The van der Waals surface area contributed by atoms with Crippen molar-refractivity contribution >= 4 is 0 Å². The van der Waals surface area contributed by atoms with Crippen LogP contribution in [-0.2, 0) is 6.42 Å². The van der Waals surface area contributed by atoms with Crippen LogP contribution in [0.3, 0.4) is 0 Å². The summed E-state index contributed by atoms with van der Waals surface area (Å²) in [5, 5.41) is 3.39. The van der Waals surface area contributed by atoms with Crippen LogP contribution in [0.1, 0.15) is 12.0 Å². The molecule has 0 aliphatic carbocycles. The van der Waals surface area contributed by atoms with Crippen LogP contribution in [0.25, 0.3) is 0 Å². The molecule has 0 aromatic heterocycles. The highest BCUT2D eigenvalue weighted by atomic mass is 19.1. The third kappa shape index (κ3) is 3.21. The highest BCUT2D eigenvalue weighted by molar-refractivity contribution is 5.34. The summed E-state index contributed by atoms with van der Waals surface area (Å²) in [4.78, 5) is 2.36. The third-order valence-corrected chi connectivity index (χ3v) is 3.63. The van der Waals surface area contributed by atoms with Gasteiger partial charge in [-0.3, -0.25) is 0 Å². The number of methoxy groups -OCH3 is 1. The predicted octanol–water partition coefficient (Wildman–Crippen LogP) is 1.67. The van der Waals surface area contributed by atoms with E-state index in [2.05, 4.69) is 17.3 Å². The lowest BCUT2D eigenvalue weighted by Crippen LogP contribution is -2.49. The number of benzene rings is 1. The van der Waals surface area contributed by atoms with Gasteiger partial charge in [0.15, 0.2) is 0 Å². The number of rotatable bonds is 4. The summed E-state index contributed by atoms with van der Waals surface area (Å²) in [7, 11) is 3.78. The van der Waals surface area contributed by atoms with E-state index in [1.54, 1.807) is 19.2 Å². The highest BCUT2D eigenvalue weighted by Crippen LogP contribution is 2.22. The van der Waals surface area contributed by atoms with Gasteiger partial charge in [-0.2, -0.15) is 0 Å². The molecule has 1 fully saturated rings. The van der Waals surface area contributed by atoms with E-state index in [-0.39, 0.29) is 5.82 Å². The number of hydrogen-bond acceptors (Lipinski definition) is 3. The zero-order valence-corrected chi connectivity index (χ0v) is 11.1. The maximum atomic E-state index is 13.2. The maximum Gasteiger partial charge on any atom is 0.123 e. The number of aryl methyl sites for hydroxylation is 1. The first-order chi connectivity index (χ1) is 8.70. The second-order valence-electron chi connectivity index (χ2n) is 4.83. The standard InChI is InChI=1S/C14H21FN2O/c1-17-8-7-16-10-13(17)5-3-11-9-12(15)4-6-14(11)18-2/h4,6,9,13,16H,3,5,7-8,10H2,1-2H3. The van der Waals surface area contributed by atoms with Crippen molar-refractivity contribution in [3.05, 3.63) is 29.6 Å². The van der Waals surface area contributed by atoms with E-state index in [4.69, 9.17) is 4.74 Å². The van der Waals surface area contributed by atoms with Crippen molar-refractivity contribution in [1.82, 2.24) is 10.2 Å². The van der Waals surface area contributed by atoms with Gasteiger partial charge in [-0.1, -0.05) is 0 Å². The molecule has 0 saturated carbocycles. The maximum absolute atomic E-state index is 13.2. The smallest absolute Gasteiger partial charge is 0.123 e. The molecule has 0 radical (unpaired) electrons. The lowest BCUT2D eigenvalue weighted by Gasteiger charge is -2.33. The minimum atomic E-state index is -0.194. The van der Waals surface area contributed by atoms with Crippen LogP contribution in [0.2, 0.25) is 0 Å². The second-order valence-corrected chi connectivity index (χ2v) is 4.83. The van der Waals surface area contributed by atoms with E-state index in [0.29, 0.717) is 6.04 Å². The van der Waals surface area contributed by atoms with Crippen molar-refractivity contribution in [2.45, 2.75) is 18.9 Å². The fourth-order valence-corrected chi connectivity index (χ4v) is 2.45. The summed E-state index contributed by atoms with van der Waals surface area (Å²) in [6.45, 7) is 3.13. The van der Waals surface area contributed by atoms with Crippen molar-refractivity contribution in [2.75, 3.05) is 33.8 Å². The Morgan fingerprint density at radius 3 is 3.06 bits per heavy atom. The molecule has 1 aromatic rings. The Morgan fingerprint density at radius 1 is 1.50 bits per heavy atom. The van der Waals surface area contributed by atoms with Crippen LogP contribution in [0.15, 0.2) is 18.2 Å². The molecule has 1 aliphatic heterocycles. The Kier molecular flexibility index (Phi) is 4.55. The number of likely N-dealkylation sites (N-methyl/N-ethyl adjacent to an activating group) is 1. The number of ether oxygens (including phenoxy) is 1. The Hall–Kier alpha value is -1.13. The molecule has 1 aromatic carbocycles. The molecular formula is C14H21FN2O. The number of nitrogens with zero attached hydrogens (tertiary/aromatic N) is 1. The molecule has 0 bridgehead atoms. The first kappa shape index (κ1) is 13.3. The molecule has 1 atom stereocenters. The van der Waals surface area contributed by atoms with Crippen LogP contribution in [0.5, 0.6) is 5.75 Å². The molecule has 1 heterocycles. The van der Waals surface area contributed by atoms with Gasteiger partial charge in [-0.15, -0.1) is 0 Å². The summed E-state index contributed by atoms with van der Waals surface area (Å²) >= 11 is 0. The Balaban J connectivity index is 1.98. The van der Waals surface area contributed by atoms with Crippen LogP contribution < -0.4 is 10.1 Å². The number of halogens is 1. The van der Waals surface area contributed by atoms with E-state index < -0.39 is 0 Å². The van der Waals surface area contributed by atoms with E-state index in [0.717, 1.165) is 43.8 Å². The quantitative estimate of drug-likeness (QED) is 0.882. The van der Waals surface area contributed by atoms with E-state index in [9.17, 15) is 4.39 Å². The Bertz CT molecular complexity index is 397. The molecule has 18 heavy (non-hydrogen) atoms. The van der Waals surface area contributed by atoms with Crippen molar-refractivity contribution in [3.8, 4) is 5.75 Å². The number of hydrogen-bond donors (Lipinski definition) is 1. The summed E-state index contributed by atoms with van der Waals surface area (Å²) in [6.07, 6.45) is 1.86. The summed E-state index contributed by atoms with van der Waals surface area (Å²) in [5.74, 6) is 0.587. The molecule has 3 nitrogen and oxygen atoms in total. The lowest BCUT2D eigenvalue weighted by molar-refractivity contribution is 0.190. The minimum Gasteiger partial charge on any atom is -0.496 e. The molecule has 4 heteroatoms. The monoisotopic (exact) mass is 252 g/mol. The van der Waals surface area contributed by atoms with Crippen LogP contribution in [-0.4, -0.2) is 44.7 Å². The molecule has 1 aliphatic rings. The molecule has 100 valence electrons. The van der Waals surface area contributed by atoms with Crippen molar-refractivity contribution in [1.29, 1.82) is 0 Å². The van der Waals surface area contributed by atoms with Crippen LogP contribution in [0, 0.1) is 5.82 Å².